The molecule has 0 atom stereocenters. The standard InChI is InChI=1S/C11H9Cl3N4O/c1-5-4-16-11(18-15)17-10(5)19-9-3-7(13)6(12)2-8(9)14/h2-4H,15H2,1H3,(H,16,17,18). The van der Waals surface area contributed by atoms with Crippen molar-refractivity contribution in [1.82, 2.24) is 9.97 Å². The Morgan fingerprint density at radius 1 is 1.16 bits per heavy atom. The number of aryl methyl sites for hydroxylation is 1. The van der Waals surface area contributed by atoms with Gasteiger partial charge in [-0.05, 0) is 13.0 Å². The summed E-state index contributed by atoms with van der Waals surface area (Å²) in [5, 5.41) is 1.02. The molecule has 0 radical (unpaired) electrons. The molecule has 0 aliphatic rings. The van der Waals surface area contributed by atoms with Gasteiger partial charge in [0.15, 0.2) is 0 Å². The SMILES string of the molecule is Cc1cnc(NN)nc1Oc1cc(Cl)c(Cl)cc1Cl. The third-order valence-electron chi connectivity index (χ3n) is 2.24. The van der Waals surface area contributed by atoms with Gasteiger partial charge in [-0.1, -0.05) is 34.8 Å². The van der Waals surface area contributed by atoms with Crippen molar-refractivity contribution < 1.29 is 4.74 Å². The second kappa shape index (κ2) is 5.79. The topological polar surface area (TPSA) is 73.1 Å². The smallest absolute Gasteiger partial charge is 0.240 e. The Labute approximate surface area is 124 Å². The van der Waals surface area contributed by atoms with Crippen molar-refractivity contribution >= 4 is 40.8 Å². The number of nitrogen functional groups attached to an aromatic ring is 1. The van der Waals surface area contributed by atoms with Gasteiger partial charge >= 0.3 is 0 Å². The molecule has 0 aliphatic carbocycles. The maximum atomic E-state index is 6.03. The van der Waals surface area contributed by atoms with Crippen molar-refractivity contribution in [3.05, 3.63) is 39.0 Å². The van der Waals surface area contributed by atoms with Crippen LogP contribution in [0.15, 0.2) is 18.3 Å². The molecule has 8 heteroatoms. The van der Waals surface area contributed by atoms with Crippen molar-refractivity contribution in [2.24, 2.45) is 5.84 Å². The first kappa shape index (κ1) is 14.1. The van der Waals surface area contributed by atoms with E-state index in [1.807, 2.05) is 0 Å². The fourth-order valence-corrected chi connectivity index (χ4v) is 1.86. The van der Waals surface area contributed by atoms with Crippen molar-refractivity contribution in [2.45, 2.75) is 6.92 Å². The molecule has 0 saturated carbocycles. The van der Waals surface area contributed by atoms with Gasteiger partial charge in [-0.15, -0.1) is 0 Å². The van der Waals surface area contributed by atoms with Crippen LogP contribution in [0.2, 0.25) is 15.1 Å². The molecule has 1 aromatic carbocycles. The van der Waals surface area contributed by atoms with Gasteiger partial charge in [0.25, 0.3) is 0 Å². The highest BCUT2D eigenvalue weighted by Crippen LogP contribution is 2.36. The zero-order valence-corrected chi connectivity index (χ0v) is 12.0. The molecule has 3 N–H and O–H groups in total. The van der Waals surface area contributed by atoms with Crippen molar-refractivity contribution in [3.8, 4) is 11.6 Å². The Morgan fingerprint density at radius 2 is 1.84 bits per heavy atom. The zero-order chi connectivity index (χ0) is 14.0. The number of anilines is 1. The van der Waals surface area contributed by atoms with Crippen LogP contribution >= 0.6 is 34.8 Å². The van der Waals surface area contributed by atoms with E-state index in [0.717, 1.165) is 5.56 Å². The normalized spacial score (nSPS) is 10.4. The van der Waals surface area contributed by atoms with Gasteiger partial charge in [0.1, 0.15) is 5.75 Å². The Balaban J connectivity index is 2.38. The third kappa shape index (κ3) is 3.19. The van der Waals surface area contributed by atoms with Crippen LogP contribution < -0.4 is 16.0 Å². The fourth-order valence-electron chi connectivity index (χ4n) is 1.29. The number of aromatic nitrogens is 2. The lowest BCUT2D eigenvalue weighted by molar-refractivity contribution is 0.458. The summed E-state index contributed by atoms with van der Waals surface area (Å²) >= 11 is 17.8. The van der Waals surface area contributed by atoms with E-state index < -0.39 is 0 Å². The zero-order valence-electron chi connectivity index (χ0n) is 9.75. The van der Waals surface area contributed by atoms with Crippen LogP contribution in [0.4, 0.5) is 5.95 Å². The minimum absolute atomic E-state index is 0.233. The van der Waals surface area contributed by atoms with Crippen LogP contribution in [0.5, 0.6) is 11.6 Å². The molecule has 2 rings (SSSR count). The number of nitrogens with one attached hydrogen (secondary N) is 1. The highest BCUT2D eigenvalue weighted by Gasteiger charge is 2.11. The summed E-state index contributed by atoms with van der Waals surface area (Å²) in [6.07, 6.45) is 1.57. The minimum atomic E-state index is 0.233. The molecular weight excluding hydrogens is 311 g/mol. The molecule has 2 aromatic rings. The largest absolute Gasteiger partial charge is 0.437 e. The third-order valence-corrected chi connectivity index (χ3v) is 3.25. The lowest BCUT2D eigenvalue weighted by atomic mass is 10.3. The molecule has 100 valence electrons. The summed E-state index contributed by atoms with van der Waals surface area (Å²) in [5.41, 5.74) is 3.06. The lowest BCUT2D eigenvalue weighted by Gasteiger charge is -2.10. The van der Waals surface area contributed by atoms with Gasteiger partial charge in [-0.2, -0.15) is 4.98 Å². The molecule has 0 bridgehead atoms. The van der Waals surface area contributed by atoms with Crippen LogP contribution in [0.3, 0.4) is 0 Å². The summed E-state index contributed by atoms with van der Waals surface area (Å²) in [6, 6.07) is 3.02. The number of hydrogen-bond acceptors (Lipinski definition) is 5. The molecule has 1 aromatic heterocycles. The molecular formula is C11H9Cl3N4O. The number of hydrazine groups is 1. The van der Waals surface area contributed by atoms with E-state index in [1.165, 1.54) is 12.1 Å². The lowest BCUT2D eigenvalue weighted by Crippen LogP contribution is -2.11. The van der Waals surface area contributed by atoms with Crippen molar-refractivity contribution in [1.29, 1.82) is 0 Å². The van der Waals surface area contributed by atoms with E-state index >= 15 is 0 Å². The van der Waals surface area contributed by atoms with Crippen molar-refractivity contribution in [2.75, 3.05) is 5.43 Å². The summed E-state index contributed by atoms with van der Waals surface area (Å²) in [4.78, 5) is 8.02. The van der Waals surface area contributed by atoms with Gasteiger partial charge in [0.2, 0.25) is 11.8 Å². The number of ether oxygens (including phenoxy) is 1. The molecule has 5 nitrogen and oxygen atoms in total. The van der Waals surface area contributed by atoms with Crippen molar-refractivity contribution in [3.63, 3.8) is 0 Å². The first-order chi connectivity index (χ1) is 9.01. The molecule has 0 spiro atoms. The fraction of sp³-hybridized carbons (Fsp3) is 0.0909. The van der Waals surface area contributed by atoms with Gasteiger partial charge in [-0.3, -0.25) is 5.43 Å². The predicted octanol–water partition coefficient (Wildman–Crippen LogP) is 3.82. The van der Waals surface area contributed by atoms with Gasteiger partial charge in [0.05, 0.1) is 15.1 Å². The average Bonchev–Trinajstić information content (AvgIpc) is 2.38. The number of hydrogen-bond donors (Lipinski definition) is 2. The number of benzene rings is 1. The van der Waals surface area contributed by atoms with E-state index in [1.54, 1.807) is 13.1 Å². The van der Waals surface area contributed by atoms with Crippen LogP contribution in [0, 0.1) is 6.92 Å². The maximum Gasteiger partial charge on any atom is 0.240 e. The average molecular weight is 320 g/mol. The Hall–Kier alpha value is -1.27. The maximum absolute atomic E-state index is 6.03. The number of nitrogens with zero attached hydrogens (tertiary/aromatic N) is 2. The van der Waals surface area contributed by atoms with E-state index in [9.17, 15) is 0 Å². The summed E-state index contributed by atoms with van der Waals surface area (Å²) in [5.74, 6) is 6.14. The van der Waals surface area contributed by atoms with Gasteiger partial charge < -0.3 is 4.74 Å². The molecule has 19 heavy (non-hydrogen) atoms. The van der Waals surface area contributed by atoms with Crippen LogP contribution in [-0.4, -0.2) is 9.97 Å². The second-order valence-electron chi connectivity index (χ2n) is 3.62. The predicted molar refractivity (Wildman–Crippen MR) is 76.1 cm³/mol. The van der Waals surface area contributed by atoms with Crippen LogP contribution in [0.1, 0.15) is 5.56 Å². The number of rotatable bonds is 3. The molecule has 0 saturated heterocycles. The van der Waals surface area contributed by atoms with Gasteiger partial charge in [-0.25, -0.2) is 10.8 Å². The monoisotopic (exact) mass is 318 g/mol. The highest BCUT2D eigenvalue weighted by molar-refractivity contribution is 6.43. The Morgan fingerprint density at radius 3 is 2.53 bits per heavy atom. The molecule has 0 amide bonds. The molecule has 0 aliphatic heterocycles. The summed E-state index contributed by atoms with van der Waals surface area (Å²) in [7, 11) is 0. The minimum Gasteiger partial charge on any atom is -0.437 e. The summed E-state index contributed by atoms with van der Waals surface area (Å²) in [6.45, 7) is 1.79. The van der Waals surface area contributed by atoms with Crippen LogP contribution in [-0.2, 0) is 0 Å². The van der Waals surface area contributed by atoms with E-state index in [-0.39, 0.29) is 5.95 Å². The molecule has 1 heterocycles. The first-order valence-electron chi connectivity index (χ1n) is 5.14. The number of nitrogens with two attached hydrogens (primary N) is 1. The van der Waals surface area contributed by atoms with E-state index in [2.05, 4.69) is 15.4 Å². The summed E-state index contributed by atoms with van der Waals surface area (Å²) < 4.78 is 5.60. The first-order valence-corrected chi connectivity index (χ1v) is 6.27. The van der Waals surface area contributed by atoms with Gasteiger partial charge in [0, 0.05) is 17.8 Å². The quantitative estimate of drug-likeness (QED) is 0.511. The van der Waals surface area contributed by atoms with Crippen LogP contribution in [0.25, 0.3) is 0 Å². The Kier molecular flexibility index (Phi) is 4.31. The van der Waals surface area contributed by atoms with E-state index in [0.29, 0.717) is 26.7 Å². The molecule has 0 unspecified atom stereocenters. The Bertz CT molecular complexity index is 621. The number of halogens is 3. The highest BCUT2D eigenvalue weighted by atomic mass is 35.5. The second-order valence-corrected chi connectivity index (χ2v) is 4.85. The molecule has 0 fully saturated rings. The van der Waals surface area contributed by atoms with E-state index in [4.69, 9.17) is 45.4 Å².